The number of aryl methyl sites for hydroxylation is 2. The van der Waals surface area contributed by atoms with E-state index in [1.54, 1.807) is 0 Å². The van der Waals surface area contributed by atoms with Crippen LogP contribution >= 0.6 is 11.8 Å². The Balaban J connectivity index is 1.33. The van der Waals surface area contributed by atoms with E-state index in [4.69, 9.17) is 0 Å². The SMILES string of the molecule is Cc1cccc(C)c1NC(=O)CSc1ccc(NC(=O)c2ccc3ccccc3c2)cc1. The lowest BCUT2D eigenvalue weighted by molar-refractivity contribution is -0.113. The number of carbonyl (C=O) groups excluding carboxylic acids is 2. The van der Waals surface area contributed by atoms with Crippen molar-refractivity contribution in [3.63, 3.8) is 0 Å². The van der Waals surface area contributed by atoms with Gasteiger partial charge in [0, 0.05) is 21.8 Å². The van der Waals surface area contributed by atoms with Crippen molar-refractivity contribution in [2.24, 2.45) is 0 Å². The normalized spacial score (nSPS) is 10.7. The van der Waals surface area contributed by atoms with Gasteiger partial charge < -0.3 is 10.6 Å². The molecule has 0 aliphatic rings. The third-order valence-corrected chi connectivity index (χ3v) is 6.25. The highest BCUT2D eigenvalue weighted by atomic mass is 32.2. The van der Waals surface area contributed by atoms with Crippen LogP contribution in [0.4, 0.5) is 11.4 Å². The zero-order chi connectivity index (χ0) is 22.5. The Morgan fingerprint density at radius 3 is 2.16 bits per heavy atom. The number of para-hydroxylation sites is 1. The Morgan fingerprint density at radius 1 is 0.750 bits per heavy atom. The number of benzene rings is 4. The Morgan fingerprint density at radius 2 is 1.44 bits per heavy atom. The summed E-state index contributed by atoms with van der Waals surface area (Å²) in [5, 5.41) is 8.07. The van der Waals surface area contributed by atoms with Crippen molar-refractivity contribution in [1.29, 1.82) is 0 Å². The molecule has 0 atom stereocenters. The molecule has 0 radical (unpaired) electrons. The fraction of sp³-hybridized carbons (Fsp3) is 0.111. The number of fused-ring (bicyclic) bond motifs is 1. The maximum absolute atomic E-state index is 12.6. The van der Waals surface area contributed by atoms with Gasteiger partial charge >= 0.3 is 0 Å². The molecule has 0 heterocycles. The fourth-order valence-electron chi connectivity index (χ4n) is 3.50. The van der Waals surface area contributed by atoms with E-state index in [9.17, 15) is 9.59 Å². The minimum absolute atomic E-state index is 0.0407. The van der Waals surface area contributed by atoms with E-state index in [1.807, 2.05) is 98.8 Å². The molecule has 4 nitrogen and oxygen atoms in total. The standard InChI is InChI=1S/C27H24N2O2S/c1-18-6-5-7-19(2)26(18)29-25(30)17-32-24-14-12-23(13-15-24)28-27(31)22-11-10-20-8-3-4-9-21(20)16-22/h3-16H,17H2,1-2H3,(H,28,31)(H,29,30). The molecule has 0 aromatic heterocycles. The van der Waals surface area contributed by atoms with Gasteiger partial charge in [-0.05, 0) is 72.1 Å². The highest BCUT2D eigenvalue weighted by Gasteiger charge is 2.09. The van der Waals surface area contributed by atoms with E-state index in [0.717, 1.165) is 32.5 Å². The molecule has 0 fully saturated rings. The Kier molecular flexibility index (Phi) is 6.57. The van der Waals surface area contributed by atoms with Crippen LogP contribution in [-0.2, 0) is 4.79 Å². The molecule has 0 saturated carbocycles. The summed E-state index contributed by atoms with van der Waals surface area (Å²) in [5.41, 5.74) is 4.31. The second kappa shape index (κ2) is 9.71. The molecular formula is C27H24N2O2S. The first-order chi connectivity index (χ1) is 15.5. The molecule has 4 aromatic carbocycles. The lowest BCUT2D eigenvalue weighted by atomic mass is 10.1. The molecule has 160 valence electrons. The molecule has 0 bridgehead atoms. The third kappa shape index (κ3) is 5.18. The number of hydrogen-bond donors (Lipinski definition) is 2. The van der Waals surface area contributed by atoms with Gasteiger partial charge in [-0.25, -0.2) is 0 Å². The zero-order valence-electron chi connectivity index (χ0n) is 18.0. The molecule has 5 heteroatoms. The molecule has 0 aliphatic heterocycles. The summed E-state index contributed by atoms with van der Waals surface area (Å²) >= 11 is 1.46. The molecule has 4 aromatic rings. The fourth-order valence-corrected chi connectivity index (χ4v) is 4.20. The van der Waals surface area contributed by atoms with Crippen LogP contribution in [0.15, 0.2) is 89.8 Å². The van der Waals surface area contributed by atoms with Crippen molar-refractivity contribution in [1.82, 2.24) is 0 Å². The van der Waals surface area contributed by atoms with Crippen LogP contribution in [-0.4, -0.2) is 17.6 Å². The molecule has 0 spiro atoms. The van der Waals surface area contributed by atoms with Crippen molar-refractivity contribution >= 4 is 45.7 Å². The van der Waals surface area contributed by atoms with Gasteiger partial charge in [-0.3, -0.25) is 9.59 Å². The first kappa shape index (κ1) is 21.7. The number of nitrogens with one attached hydrogen (secondary N) is 2. The molecule has 4 rings (SSSR count). The maximum atomic E-state index is 12.6. The number of rotatable bonds is 6. The summed E-state index contributed by atoms with van der Waals surface area (Å²) in [6.07, 6.45) is 0. The van der Waals surface area contributed by atoms with E-state index < -0.39 is 0 Å². The van der Waals surface area contributed by atoms with Crippen molar-refractivity contribution in [3.8, 4) is 0 Å². The summed E-state index contributed by atoms with van der Waals surface area (Å²) in [5.74, 6) is 0.126. The minimum Gasteiger partial charge on any atom is -0.325 e. The Hall–Kier alpha value is -3.57. The summed E-state index contributed by atoms with van der Waals surface area (Å²) in [6.45, 7) is 3.97. The van der Waals surface area contributed by atoms with Gasteiger partial charge in [-0.15, -0.1) is 11.8 Å². The third-order valence-electron chi connectivity index (χ3n) is 5.24. The predicted molar refractivity (Wildman–Crippen MR) is 134 cm³/mol. The average Bonchev–Trinajstić information content (AvgIpc) is 2.81. The van der Waals surface area contributed by atoms with Crippen molar-refractivity contribution in [2.75, 3.05) is 16.4 Å². The van der Waals surface area contributed by atoms with Crippen LogP contribution < -0.4 is 10.6 Å². The van der Waals surface area contributed by atoms with Crippen molar-refractivity contribution in [3.05, 3.63) is 102 Å². The number of anilines is 2. The van der Waals surface area contributed by atoms with Crippen LogP contribution in [0.25, 0.3) is 10.8 Å². The van der Waals surface area contributed by atoms with Crippen molar-refractivity contribution < 1.29 is 9.59 Å². The largest absolute Gasteiger partial charge is 0.325 e. The second-order valence-corrected chi connectivity index (χ2v) is 8.69. The van der Waals surface area contributed by atoms with Gasteiger partial charge in [0.15, 0.2) is 0 Å². The highest BCUT2D eigenvalue weighted by Crippen LogP contribution is 2.23. The van der Waals surface area contributed by atoms with E-state index in [1.165, 1.54) is 11.8 Å². The van der Waals surface area contributed by atoms with E-state index in [2.05, 4.69) is 10.6 Å². The smallest absolute Gasteiger partial charge is 0.255 e. The van der Waals surface area contributed by atoms with Gasteiger partial charge in [0.25, 0.3) is 5.91 Å². The Bertz CT molecular complexity index is 1260. The molecule has 2 N–H and O–H groups in total. The van der Waals surface area contributed by atoms with Gasteiger partial charge in [0.2, 0.25) is 5.91 Å². The van der Waals surface area contributed by atoms with Gasteiger partial charge in [0.1, 0.15) is 0 Å². The van der Waals surface area contributed by atoms with Crippen LogP contribution in [0.5, 0.6) is 0 Å². The van der Waals surface area contributed by atoms with E-state index in [0.29, 0.717) is 17.0 Å². The summed E-state index contributed by atoms with van der Waals surface area (Å²) < 4.78 is 0. The van der Waals surface area contributed by atoms with E-state index >= 15 is 0 Å². The molecule has 0 aliphatic carbocycles. The monoisotopic (exact) mass is 440 g/mol. The van der Waals surface area contributed by atoms with Crippen LogP contribution in [0.3, 0.4) is 0 Å². The number of amides is 2. The molecule has 32 heavy (non-hydrogen) atoms. The van der Waals surface area contributed by atoms with Gasteiger partial charge in [-0.2, -0.15) is 0 Å². The summed E-state index contributed by atoms with van der Waals surface area (Å²) in [7, 11) is 0. The first-order valence-corrected chi connectivity index (χ1v) is 11.4. The lowest BCUT2D eigenvalue weighted by Crippen LogP contribution is -2.15. The highest BCUT2D eigenvalue weighted by molar-refractivity contribution is 8.00. The number of hydrogen-bond acceptors (Lipinski definition) is 3. The Labute approximate surface area is 192 Å². The van der Waals surface area contributed by atoms with Crippen LogP contribution in [0.2, 0.25) is 0 Å². The first-order valence-electron chi connectivity index (χ1n) is 10.4. The van der Waals surface area contributed by atoms with Crippen LogP contribution in [0, 0.1) is 13.8 Å². The molecule has 0 saturated heterocycles. The quantitative estimate of drug-likeness (QED) is 0.339. The minimum atomic E-state index is -0.149. The van der Waals surface area contributed by atoms with Crippen molar-refractivity contribution in [2.45, 2.75) is 18.7 Å². The summed E-state index contributed by atoms with van der Waals surface area (Å²) in [4.78, 5) is 25.9. The van der Waals surface area contributed by atoms with Gasteiger partial charge in [-0.1, -0.05) is 48.5 Å². The molecule has 2 amide bonds. The maximum Gasteiger partial charge on any atom is 0.255 e. The number of carbonyl (C=O) groups is 2. The topological polar surface area (TPSA) is 58.2 Å². The predicted octanol–water partition coefficient (Wildman–Crippen LogP) is 6.44. The van der Waals surface area contributed by atoms with Crippen LogP contribution in [0.1, 0.15) is 21.5 Å². The average molecular weight is 441 g/mol. The number of thioether (sulfide) groups is 1. The molecule has 0 unspecified atom stereocenters. The lowest BCUT2D eigenvalue weighted by Gasteiger charge is -2.11. The second-order valence-electron chi connectivity index (χ2n) is 7.64. The molecular weight excluding hydrogens is 416 g/mol. The summed E-state index contributed by atoms with van der Waals surface area (Å²) in [6, 6.07) is 27.1. The zero-order valence-corrected chi connectivity index (χ0v) is 18.8. The van der Waals surface area contributed by atoms with Gasteiger partial charge in [0.05, 0.1) is 5.75 Å². The van der Waals surface area contributed by atoms with E-state index in [-0.39, 0.29) is 11.8 Å².